The average molecular weight is 420 g/mol. The summed E-state index contributed by atoms with van der Waals surface area (Å²) >= 11 is 0. The minimum atomic E-state index is -2.10. The molecule has 3 rings (SSSR count). The quantitative estimate of drug-likeness (QED) is 0.679. The molecule has 2 aromatic rings. The maximum absolute atomic E-state index is 12.9. The van der Waals surface area contributed by atoms with Crippen LogP contribution in [0.3, 0.4) is 0 Å². The fraction of sp³-hybridized carbons (Fsp3) is 0.409. The van der Waals surface area contributed by atoms with Gasteiger partial charge in [0.15, 0.2) is 0 Å². The molecule has 1 fully saturated rings. The average Bonchev–Trinajstić information content (AvgIpc) is 2.70. The van der Waals surface area contributed by atoms with E-state index in [1.54, 1.807) is 0 Å². The molecule has 0 unspecified atom stereocenters. The van der Waals surface area contributed by atoms with E-state index in [-0.39, 0.29) is 21.5 Å². The van der Waals surface area contributed by atoms with Crippen molar-refractivity contribution in [1.82, 2.24) is 0 Å². The van der Waals surface area contributed by atoms with Crippen LogP contribution >= 0.6 is 0 Å². The summed E-state index contributed by atoms with van der Waals surface area (Å²) in [4.78, 5) is 12.9. The number of piperidine rings is 1. The van der Waals surface area contributed by atoms with Crippen LogP contribution in [0.1, 0.15) is 40.9 Å². The van der Waals surface area contributed by atoms with Crippen LogP contribution in [0.15, 0.2) is 60.7 Å². The lowest BCUT2D eigenvalue weighted by molar-refractivity contribution is -0.914. The summed E-state index contributed by atoms with van der Waals surface area (Å²) in [6.07, 6.45) is 3.24. The third-order valence-corrected chi connectivity index (χ3v) is 5.54. The lowest BCUT2D eigenvalue weighted by Crippen LogP contribution is -3.00. The molecular weight excluding hydrogens is 388 g/mol. The monoisotopic (exact) mass is 419 g/mol. The second-order valence-electron chi connectivity index (χ2n) is 7.13. The van der Waals surface area contributed by atoms with E-state index in [0.717, 1.165) is 30.4 Å². The van der Waals surface area contributed by atoms with Crippen molar-refractivity contribution >= 4 is 5.91 Å². The van der Waals surface area contributed by atoms with Gasteiger partial charge in [0.1, 0.15) is 5.41 Å². The van der Waals surface area contributed by atoms with E-state index in [1.165, 1.54) is 0 Å². The van der Waals surface area contributed by atoms with Crippen LogP contribution in [0.2, 0.25) is 0 Å². The second-order valence-corrected chi connectivity index (χ2v) is 7.13. The van der Waals surface area contributed by atoms with Crippen LogP contribution in [0.5, 0.6) is 0 Å². The molecular formula is C22H29BrN2O. The molecule has 1 heterocycles. The first-order chi connectivity index (χ1) is 13.3. The van der Waals surface area contributed by atoms with Gasteiger partial charge >= 0.3 is 0 Å². The summed E-state index contributed by atoms with van der Waals surface area (Å²) in [5, 5.41) is 0. The third kappa shape index (κ3) is 4.18. The summed E-state index contributed by atoms with van der Waals surface area (Å²) in [6.45, 7) is -0.468. The van der Waals surface area contributed by atoms with Gasteiger partial charge < -0.3 is 27.2 Å². The Morgan fingerprint density at radius 1 is 1.00 bits per heavy atom. The maximum atomic E-state index is 12.9. The van der Waals surface area contributed by atoms with E-state index < -0.39 is 18.3 Å². The summed E-state index contributed by atoms with van der Waals surface area (Å²) in [5.74, 6) is -0.439. The molecule has 2 N–H and O–H groups in total. The van der Waals surface area contributed by atoms with E-state index in [4.69, 9.17) is 9.85 Å². The summed E-state index contributed by atoms with van der Waals surface area (Å²) in [7, 11) is 0. The van der Waals surface area contributed by atoms with Crippen molar-refractivity contribution in [2.45, 2.75) is 31.1 Å². The number of amides is 1. The number of quaternary nitrogens is 1. The number of hydrogen-bond acceptors (Lipinski definition) is 1. The highest BCUT2D eigenvalue weighted by Gasteiger charge is 2.42. The number of benzene rings is 2. The van der Waals surface area contributed by atoms with Crippen molar-refractivity contribution in [3.8, 4) is 0 Å². The first-order valence-corrected chi connectivity index (χ1v) is 9.09. The topological polar surface area (TPSA) is 43.1 Å². The molecule has 0 radical (unpaired) electrons. The number of carbonyl (C=O) groups is 1. The van der Waals surface area contributed by atoms with Gasteiger partial charge in [-0.25, -0.2) is 0 Å². The lowest BCUT2D eigenvalue weighted by Gasteiger charge is -2.41. The molecule has 4 heteroatoms. The van der Waals surface area contributed by atoms with Gasteiger partial charge in [0, 0.05) is 6.42 Å². The van der Waals surface area contributed by atoms with Crippen LogP contribution in [0.4, 0.5) is 0 Å². The number of carbonyl (C=O) groups excluding carboxylic acids is 1. The van der Waals surface area contributed by atoms with Gasteiger partial charge in [-0.3, -0.25) is 4.79 Å². The van der Waals surface area contributed by atoms with Crippen LogP contribution in [0, 0.1) is 0 Å². The molecule has 1 aliphatic heterocycles. The molecule has 0 aromatic heterocycles. The number of nitrogens with two attached hydrogens (primary N) is 1. The van der Waals surface area contributed by atoms with Crippen LogP contribution in [-0.2, 0) is 10.2 Å². The molecule has 1 amide bonds. The largest absolute Gasteiger partial charge is 1.00 e. The Balaban J connectivity index is 0.00000300. The third-order valence-electron chi connectivity index (χ3n) is 5.54. The van der Waals surface area contributed by atoms with Crippen molar-refractivity contribution in [2.24, 2.45) is 5.73 Å². The predicted molar refractivity (Wildman–Crippen MR) is 102 cm³/mol. The van der Waals surface area contributed by atoms with Gasteiger partial charge in [-0.1, -0.05) is 60.7 Å². The van der Waals surface area contributed by atoms with E-state index in [2.05, 4.69) is 0 Å². The molecule has 2 aromatic carbocycles. The molecule has 140 valence electrons. The van der Waals surface area contributed by atoms with Crippen molar-refractivity contribution in [1.29, 1.82) is 0 Å². The fourth-order valence-electron chi connectivity index (χ4n) is 4.03. The normalized spacial score (nSPS) is 18.7. The summed E-state index contributed by atoms with van der Waals surface area (Å²) in [6, 6.07) is 19.0. The van der Waals surface area contributed by atoms with Gasteiger partial charge in [0.2, 0.25) is 5.91 Å². The molecule has 3 nitrogen and oxygen atoms in total. The molecule has 26 heavy (non-hydrogen) atoms. The van der Waals surface area contributed by atoms with Gasteiger partial charge in [-0.15, -0.1) is 0 Å². The molecule has 0 atom stereocenters. The Kier molecular flexibility index (Phi) is 5.61. The van der Waals surface area contributed by atoms with Crippen molar-refractivity contribution in [3.63, 3.8) is 0 Å². The zero-order valence-electron chi connectivity index (χ0n) is 18.0. The number of halogens is 1. The van der Waals surface area contributed by atoms with E-state index in [0.29, 0.717) is 26.1 Å². The standard InChI is InChI=1S/C22H28N2O.BrH/c1-24(16-9-4-10-17-24)18-15-22(21(23)25,19-11-5-2-6-12-19)20-13-7-3-8-14-20;/h2-3,5-8,11-14H,4,9-10,15-18H2,1H3,(H-,23,25);1H/i1D3;. The zero-order chi connectivity index (χ0) is 20.3. The Labute approximate surface area is 171 Å². The van der Waals surface area contributed by atoms with E-state index in [9.17, 15) is 4.79 Å². The smallest absolute Gasteiger partial charge is 0.232 e. The fourth-order valence-corrected chi connectivity index (χ4v) is 4.03. The molecule has 1 aliphatic rings. The molecule has 0 spiro atoms. The number of likely N-dealkylation sites (tertiary alicyclic amines) is 1. The highest BCUT2D eigenvalue weighted by molar-refractivity contribution is 5.90. The van der Waals surface area contributed by atoms with Gasteiger partial charge in [0.25, 0.3) is 0 Å². The first-order valence-electron chi connectivity index (χ1n) is 10.6. The van der Waals surface area contributed by atoms with E-state index in [1.807, 2.05) is 60.7 Å². The van der Waals surface area contributed by atoms with Crippen molar-refractivity contribution < 1.29 is 30.4 Å². The van der Waals surface area contributed by atoms with Gasteiger partial charge in [-0.2, -0.15) is 0 Å². The van der Waals surface area contributed by atoms with Crippen LogP contribution < -0.4 is 22.7 Å². The van der Waals surface area contributed by atoms with Gasteiger partial charge in [-0.05, 0) is 30.4 Å². The molecule has 0 saturated carbocycles. The highest BCUT2D eigenvalue weighted by atomic mass is 79.9. The number of rotatable bonds is 6. The van der Waals surface area contributed by atoms with Crippen molar-refractivity contribution in [3.05, 3.63) is 71.8 Å². The zero-order valence-corrected chi connectivity index (χ0v) is 16.6. The second kappa shape index (κ2) is 8.83. The highest BCUT2D eigenvalue weighted by Crippen LogP contribution is 2.37. The number of nitrogens with zero attached hydrogens (tertiary/aromatic N) is 1. The van der Waals surface area contributed by atoms with Gasteiger partial charge in [0.05, 0.1) is 30.7 Å². The minimum Gasteiger partial charge on any atom is -1.00 e. The molecule has 1 saturated heterocycles. The Hall–Kier alpha value is -1.65. The Morgan fingerprint density at radius 2 is 1.50 bits per heavy atom. The lowest BCUT2D eigenvalue weighted by atomic mass is 9.71. The van der Waals surface area contributed by atoms with Crippen LogP contribution in [-0.4, -0.2) is 37.0 Å². The summed E-state index contributed by atoms with van der Waals surface area (Å²) < 4.78 is 24.6. The molecule has 0 bridgehead atoms. The predicted octanol–water partition coefficient (Wildman–Crippen LogP) is 0.483. The number of primary amides is 1. The summed E-state index contributed by atoms with van der Waals surface area (Å²) in [5.41, 5.74) is 6.60. The first kappa shape index (κ1) is 16.5. The van der Waals surface area contributed by atoms with E-state index >= 15 is 0 Å². The van der Waals surface area contributed by atoms with Crippen LogP contribution in [0.25, 0.3) is 0 Å². The number of hydrogen-bond donors (Lipinski definition) is 1. The maximum Gasteiger partial charge on any atom is 0.232 e. The minimum absolute atomic E-state index is 0. The SMILES string of the molecule is [2H]C([2H])([2H])[N+]1(CCC(C(N)=O)(c2ccccc2)c2ccccc2)CCCCC1.[Br-]. The Morgan fingerprint density at radius 3 is 1.92 bits per heavy atom. The van der Waals surface area contributed by atoms with Crippen molar-refractivity contribution in [2.75, 3.05) is 26.6 Å². The molecule has 0 aliphatic carbocycles. The Bertz CT molecular complexity index is 751.